The first-order valence-electron chi connectivity index (χ1n) is 16.6. The largest absolute Gasteiger partial charge is 0.437 e. The molecule has 0 amide bonds. The average molecular weight is 625 g/mol. The highest BCUT2D eigenvalue weighted by molar-refractivity contribution is 6.34. The van der Waals surface area contributed by atoms with E-state index < -0.39 is 0 Å². The van der Waals surface area contributed by atoms with Gasteiger partial charge in [-0.3, -0.25) is 4.57 Å². The topological polar surface area (TPSA) is 48.3 Å². The molecule has 0 fully saturated rings. The van der Waals surface area contributed by atoms with E-state index in [9.17, 15) is 0 Å². The third-order valence-electron chi connectivity index (χ3n) is 10.5. The summed E-state index contributed by atoms with van der Waals surface area (Å²) in [6.45, 7) is 0. The second kappa shape index (κ2) is 9.00. The Balaban J connectivity index is 1.29. The van der Waals surface area contributed by atoms with Gasteiger partial charge in [-0.2, -0.15) is 4.98 Å². The summed E-state index contributed by atoms with van der Waals surface area (Å²) >= 11 is 0. The lowest BCUT2D eigenvalue weighted by molar-refractivity contribution is 0.651. The number of para-hydroxylation sites is 4. The quantitative estimate of drug-likeness (QED) is 0.192. The minimum atomic E-state index is 0.576. The highest BCUT2D eigenvalue weighted by Crippen LogP contribution is 2.46. The number of hydrogen-bond donors (Lipinski definition) is 0. The molecule has 0 saturated carbocycles. The van der Waals surface area contributed by atoms with E-state index in [1.807, 2.05) is 18.2 Å². The molecule has 0 saturated heterocycles. The van der Waals surface area contributed by atoms with Crippen molar-refractivity contribution in [3.8, 4) is 17.2 Å². The standard InChI is InChI=1S/C44H24N4O/c1-2-12-26-23-27(22-21-25(26)11-1)40-38-31-16-6-10-20-37(31)49-43(38)46-44(45-40)48-35-18-8-4-14-29(35)33-24-32-28-13-3-7-17-34(28)47-36-19-9-5-15-30(36)39(41(32)47)42(33)48/h1-24H. The molecule has 0 aliphatic heterocycles. The van der Waals surface area contributed by atoms with Gasteiger partial charge in [0.15, 0.2) is 0 Å². The van der Waals surface area contributed by atoms with Crippen LogP contribution in [-0.2, 0) is 0 Å². The molecule has 0 atom stereocenters. The van der Waals surface area contributed by atoms with Gasteiger partial charge in [0.1, 0.15) is 5.58 Å². The van der Waals surface area contributed by atoms with Crippen LogP contribution in [0.15, 0.2) is 150 Å². The van der Waals surface area contributed by atoms with E-state index in [2.05, 4.69) is 136 Å². The molecule has 0 N–H and O–H groups in total. The van der Waals surface area contributed by atoms with Crippen molar-refractivity contribution in [2.24, 2.45) is 0 Å². The molecule has 0 aliphatic rings. The molecule has 0 spiro atoms. The Labute approximate surface area is 278 Å². The Kier molecular flexibility index (Phi) is 4.66. The van der Waals surface area contributed by atoms with Crippen LogP contribution in [-0.4, -0.2) is 18.9 Å². The normalized spacial score (nSPS) is 12.5. The van der Waals surface area contributed by atoms with Gasteiger partial charge in [-0.1, -0.05) is 109 Å². The number of hydrogen-bond acceptors (Lipinski definition) is 3. The molecule has 12 rings (SSSR count). The van der Waals surface area contributed by atoms with Crippen LogP contribution in [0.25, 0.3) is 110 Å². The van der Waals surface area contributed by atoms with Crippen molar-refractivity contribution in [2.75, 3.05) is 0 Å². The molecule has 0 radical (unpaired) electrons. The molecule has 5 aromatic heterocycles. The van der Waals surface area contributed by atoms with Crippen LogP contribution >= 0.6 is 0 Å². The molecule has 5 heterocycles. The summed E-state index contributed by atoms with van der Waals surface area (Å²) in [7, 11) is 0. The molecule has 5 heteroatoms. The number of rotatable bonds is 2. The maximum Gasteiger partial charge on any atom is 0.238 e. The first-order valence-corrected chi connectivity index (χ1v) is 16.6. The lowest BCUT2D eigenvalue weighted by Gasteiger charge is -2.11. The lowest BCUT2D eigenvalue weighted by Crippen LogP contribution is -2.03. The molecule has 0 bridgehead atoms. The van der Waals surface area contributed by atoms with Gasteiger partial charge < -0.3 is 8.82 Å². The van der Waals surface area contributed by atoms with Gasteiger partial charge in [0.2, 0.25) is 11.7 Å². The number of aromatic nitrogens is 4. The fourth-order valence-corrected chi connectivity index (χ4v) is 8.42. The zero-order valence-corrected chi connectivity index (χ0v) is 26.1. The molecule has 12 aromatic rings. The fraction of sp³-hybridized carbons (Fsp3) is 0. The number of benzene rings is 7. The van der Waals surface area contributed by atoms with Gasteiger partial charge in [0.05, 0.1) is 38.7 Å². The smallest absolute Gasteiger partial charge is 0.238 e. The van der Waals surface area contributed by atoms with Crippen molar-refractivity contribution < 1.29 is 4.42 Å². The number of nitrogens with zero attached hydrogens (tertiary/aromatic N) is 4. The predicted molar refractivity (Wildman–Crippen MR) is 201 cm³/mol. The van der Waals surface area contributed by atoms with Crippen molar-refractivity contribution in [3.05, 3.63) is 146 Å². The minimum Gasteiger partial charge on any atom is -0.437 e. The lowest BCUT2D eigenvalue weighted by atomic mass is 10.0. The summed E-state index contributed by atoms with van der Waals surface area (Å²) in [5.41, 5.74) is 9.04. The zero-order chi connectivity index (χ0) is 31.8. The summed E-state index contributed by atoms with van der Waals surface area (Å²) in [5.74, 6) is 0.587. The Hall–Kier alpha value is -6.72. The van der Waals surface area contributed by atoms with Crippen LogP contribution < -0.4 is 0 Å². The van der Waals surface area contributed by atoms with Crippen molar-refractivity contribution in [2.45, 2.75) is 0 Å². The third kappa shape index (κ3) is 3.19. The van der Waals surface area contributed by atoms with Crippen LogP contribution in [0.5, 0.6) is 0 Å². The van der Waals surface area contributed by atoms with Gasteiger partial charge in [-0.15, -0.1) is 0 Å². The van der Waals surface area contributed by atoms with Gasteiger partial charge in [0, 0.05) is 43.3 Å². The first-order chi connectivity index (χ1) is 24.3. The zero-order valence-electron chi connectivity index (χ0n) is 26.1. The monoisotopic (exact) mass is 624 g/mol. The number of fused-ring (bicyclic) bond motifs is 14. The van der Waals surface area contributed by atoms with Gasteiger partial charge in [-0.05, 0) is 47.2 Å². The van der Waals surface area contributed by atoms with Crippen molar-refractivity contribution in [3.63, 3.8) is 0 Å². The van der Waals surface area contributed by atoms with Crippen molar-refractivity contribution in [1.82, 2.24) is 18.9 Å². The maximum absolute atomic E-state index is 6.53. The van der Waals surface area contributed by atoms with E-state index in [1.54, 1.807) is 0 Å². The van der Waals surface area contributed by atoms with E-state index in [1.165, 1.54) is 48.9 Å². The Bertz CT molecular complexity index is 3340. The molecule has 0 aliphatic carbocycles. The Morgan fingerprint density at radius 2 is 1.08 bits per heavy atom. The van der Waals surface area contributed by atoms with E-state index in [4.69, 9.17) is 14.4 Å². The number of furan rings is 1. The van der Waals surface area contributed by atoms with E-state index in [0.717, 1.165) is 49.4 Å². The van der Waals surface area contributed by atoms with E-state index in [0.29, 0.717) is 11.7 Å². The first kappa shape index (κ1) is 25.4. The van der Waals surface area contributed by atoms with Crippen molar-refractivity contribution >= 4 is 92.7 Å². The minimum absolute atomic E-state index is 0.576. The fourth-order valence-electron chi connectivity index (χ4n) is 8.42. The van der Waals surface area contributed by atoms with Crippen LogP contribution in [0.1, 0.15) is 0 Å². The van der Waals surface area contributed by atoms with Gasteiger partial charge in [-0.25, -0.2) is 4.98 Å². The molecule has 226 valence electrons. The third-order valence-corrected chi connectivity index (χ3v) is 10.5. The average Bonchev–Trinajstić information content (AvgIpc) is 3.89. The van der Waals surface area contributed by atoms with Crippen LogP contribution in [0.4, 0.5) is 0 Å². The van der Waals surface area contributed by atoms with Crippen LogP contribution in [0, 0.1) is 0 Å². The molecule has 5 nitrogen and oxygen atoms in total. The molecular formula is C44H24N4O. The second-order valence-corrected chi connectivity index (χ2v) is 13.0. The Morgan fingerprint density at radius 1 is 0.449 bits per heavy atom. The molecule has 7 aromatic carbocycles. The Morgan fingerprint density at radius 3 is 1.92 bits per heavy atom. The predicted octanol–water partition coefficient (Wildman–Crippen LogP) is 11.4. The SMILES string of the molecule is c1ccc2cc(-c3nc(-n4c5ccccc5c5cc6c7ccccc7n7c8ccccc8c(c54)c67)nc4oc5ccccc5c34)ccc2c1. The summed E-state index contributed by atoms with van der Waals surface area (Å²) in [6.07, 6.45) is 0. The highest BCUT2D eigenvalue weighted by atomic mass is 16.3. The van der Waals surface area contributed by atoms with Gasteiger partial charge >= 0.3 is 0 Å². The molecule has 0 unspecified atom stereocenters. The van der Waals surface area contributed by atoms with Crippen LogP contribution in [0.2, 0.25) is 0 Å². The summed E-state index contributed by atoms with van der Waals surface area (Å²) in [4.78, 5) is 10.8. The summed E-state index contributed by atoms with van der Waals surface area (Å²) in [5, 5.41) is 11.6. The second-order valence-electron chi connectivity index (χ2n) is 13.0. The molecule has 49 heavy (non-hydrogen) atoms. The maximum atomic E-state index is 6.53. The summed E-state index contributed by atoms with van der Waals surface area (Å²) in [6, 6.07) is 51.7. The van der Waals surface area contributed by atoms with Crippen LogP contribution in [0.3, 0.4) is 0 Å². The highest BCUT2D eigenvalue weighted by Gasteiger charge is 2.26. The van der Waals surface area contributed by atoms with Gasteiger partial charge in [0.25, 0.3) is 0 Å². The van der Waals surface area contributed by atoms with E-state index >= 15 is 0 Å². The van der Waals surface area contributed by atoms with E-state index in [-0.39, 0.29) is 0 Å². The molecular weight excluding hydrogens is 601 g/mol. The summed E-state index contributed by atoms with van der Waals surface area (Å²) < 4.78 is 11.2. The van der Waals surface area contributed by atoms with Crippen molar-refractivity contribution in [1.29, 1.82) is 0 Å².